The Morgan fingerprint density at radius 3 is 2.17 bits per heavy atom. The number of aromatic nitrogens is 4. The van der Waals surface area contributed by atoms with E-state index >= 15 is 0 Å². The highest BCUT2D eigenvalue weighted by Gasteiger charge is 2.13. The summed E-state index contributed by atoms with van der Waals surface area (Å²) in [5.74, 6) is 0. The summed E-state index contributed by atoms with van der Waals surface area (Å²) < 4.78 is 0. The molecule has 0 aliphatic heterocycles. The summed E-state index contributed by atoms with van der Waals surface area (Å²) in [5, 5.41) is 1.45. The number of hydrogen-bond donors (Lipinski definition) is 0. The lowest BCUT2D eigenvalue weighted by Gasteiger charge is -2.08. The predicted octanol–water partition coefficient (Wildman–Crippen LogP) is 3.42. The zero-order valence-corrected chi connectivity index (χ0v) is 12.8. The molecule has 0 unspecified atom stereocenters. The average Bonchev–Trinajstić information content (AvgIpc) is 2.60. The molecule has 4 rings (SSSR count). The van der Waals surface area contributed by atoms with Crippen LogP contribution < -0.4 is 0 Å². The first-order valence-electron chi connectivity index (χ1n) is 7.19. The summed E-state index contributed by atoms with van der Waals surface area (Å²) in [6, 6.07) is 7.67. The van der Waals surface area contributed by atoms with E-state index in [0.29, 0.717) is 6.42 Å². The van der Waals surface area contributed by atoms with Crippen LogP contribution >= 0.6 is 11.6 Å². The number of benzene rings is 1. The first-order chi connectivity index (χ1) is 11.2. The van der Waals surface area contributed by atoms with Gasteiger partial charge in [-0.05, 0) is 42.3 Å². The van der Waals surface area contributed by atoms with E-state index in [9.17, 15) is 4.79 Å². The van der Waals surface area contributed by atoms with Crippen molar-refractivity contribution in [3.8, 4) is 0 Å². The van der Waals surface area contributed by atoms with Gasteiger partial charge in [0.1, 0.15) is 0 Å². The molecule has 1 aromatic carbocycles. The number of halogens is 1. The maximum atomic E-state index is 11.0. The van der Waals surface area contributed by atoms with Crippen molar-refractivity contribution in [2.75, 3.05) is 0 Å². The van der Waals surface area contributed by atoms with Gasteiger partial charge in [0.25, 0.3) is 0 Å². The SMILES string of the molecule is O=C(Cl)CCc1cnc2c3cccnc3c3ncccc3c2n1. The summed E-state index contributed by atoms with van der Waals surface area (Å²) in [4.78, 5) is 29.1. The molecule has 0 saturated heterocycles. The summed E-state index contributed by atoms with van der Waals surface area (Å²) >= 11 is 5.41. The van der Waals surface area contributed by atoms with Crippen LogP contribution in [0.5, 0.6) is 0 Å². The maximum Gasteiger partial charge on any atom is 0.222 e. The van der Waals surface area contributed by atoms with Gasteiger partial charge in [0, 0.05) is 35.8 Å². The normalized spacial score (nSPS) is 11.3. The van der Waals surface area contributed by atoms with Crippen LogP contribution in [0.1, 0.15) is 12.1 Å². The Morgan fingerprint density at radius 2 is 1.52 bits per heavy atom. The molecule has 6 heteroatoms. The summed E-state index contributed by atoms with van der Waals surface area (Å²) in [5.41, 5.74) is 3.91. The van der Waals surface area contributed by atoms with Crippen LogP contribution in [0.25, 0.3) is 32.8 Å². The maximum absolute atomic E-state index is 11.0. The second-order valence-electron chi connectivity index (χ2n) is 5.21. The predicted molar refractivity (Wildman–Crippen MR) is 89.3 cm³/mol. The Hall–Kier alpha value is -2.66. The van der Waals surface area contributed by atoms with Crippen LogP contribution in [0, 0.1) is 0 Å². The molecule has 0 N–H and O–H groups in total. The molecule has 4 aromatic rings. The lowest BCUT2D eigenvalue weighted by atomic mass is 10.1. The second-order valence-corrected chi connectivity index (χ2v) is 5.63. The first-order valence-corrected chi connectivity index (χ1v) is 7.57. The molecular formula is C17H11ClN4O. The van der Waals surface area contributed by atoms with Gasteiger partial charge in [-0.3, -0.25) is 19.7 Å². The Morgan fingerprint density at radius 1 is 0.913 bits per heavy atom. The van der Waals surface area contributed by atoms with E-state index < -0.39 is 0 Å². The van der Waals surface area contributed by atoms with E-state index in [2.05, 4.69) is 19.9 Å². The zero-order valence-electron chi connectivity index (χ0n) is 12.0. The van der Waals surface area contributed by atoms with Gasteiger partial charge in [0.05, 0.1) is 27.8 Å². The molecule has 0 radical (unpaired) electrons. The smallest absolute Gasteiger partial charge is 0.222 e. The van der Waals surface area contributed by atoms with Crippen molar-refractivity contribution < 1.29 is 4.79 Å². The van der Waals surface area contributed by atoms with Crippen LogP contribution in [-0.4, -0.2) is 25.2 Å². The van der Waals surface area contributed by atoms with Gasteiger partial charge < -0.3 is 0 Å². The van der Waals surface area contributed by atoms with Crippen molar-refractivity contribution in [2.45, 2.75) is 12.8 Å². The second kappa shape index (κ2) is 5.52. The minimum absolute atomic E-state index is 0.243. The molecule has 3 aromatic heterocycles. The molecule has 3 heterocycles. The fourth-order valence-electron chi connectivity index (χ4n) is 2.73. The molecule has 5 nitrogen and oxygen atoms in total. The Labute approximate surface area is 136 Å². The van der Waals surface area contributed by atoms with Crippen LogP contribution in [0.3, 0.4) is 0 Å². The number of nitrogens with zero attached hydrogens (tertiary/aromatic N) is 4. The largest absolute Gasteiger partial charge is 0.281 e. The van der Waals surface area contributed by atoms with Crippen molar-refractivity contribution in [2.24, 2.45) is 0 Å². The van der Waals surface area contributed by atoms with Crippen LogP contribution in [0.2, 0.25) is 0 Å². The van der Waals surface area contributed by atoms with Crippen LogP contribution in [0.15, 0.2) is 42.9 Å². The topological polar surface area (TPSA) is 68.6 Å². The third kappa shape index (κ3) is 2.39. The van der Waals surface area contributed by atoms with E-state index in [1.54, 1.807) is 18.6 Å². The fraction of sp³-hybridized carbons (Fsp3) is 0.118. The molecule has 0 aliphatic carbocycles. The first kappa shape index (κ1) is 14.0. The van der Waals surface area contributed by atoms with Crippen molar-refractivity contribution in [3.63, 3.8) is 0 Å². The van der Waals surface area contributed by atoms with E-state index in [1.807, 2.05) is 24.3 Å². The van der Waals surface area contributed by atoms with Gasteiger partial charge in [-0.2, -0.15) is 0 Å². The van der Waals surface area contributed by atoms with Gasteiger partial charge in [-0.25, -0.2) is 4.98 Å². The van der Waals surface area contributed by atoms with Crippen molar-refractivity contribution in [1.29, 1.82) is 0 Å². The van der Waals surface area contributed by atoms with Gasteiger partial charge in [-0.15, -0.1) is 0 Å². The number of fused-ring (bicyclic) bond motifs is 6. The molecule has 0 fully saturated rings. The van der Waals surface area contributed by atoms with Crippen molar-refractivity contribution >= 4 is 49.7 Å². The fourth-order valence-corrected chi connectivity index (χ4v) is 2.82. The highest BCUT2D eigenvalue weighted by molar-refractivity contribution is 6.63. The van der Waals surface area contributed by atoms with Gasteiger partial charge in [0.2, 0.25) is 5.24 Å². The highest BCUT2D eigenvalue weighted by atomic mass is 35.5. The Kier molecular flexibility index (Phi) is 3.35. The van der Waals surface area contributed by atoms with Gasteiger partial charge in [-0.1, -0.05) is 0 Å². The number of aryl methyl sites for hydroxylation is 1. The number of rotatable bonds is 3. The molecule has 112 valence electrons. The third-order valence-electron chi connectivity index (χ3n) is 3.75. The van der Waals surface area contributed by atoms with E-state index in [-0.39, 0.29) is 11.7 Å². The van der Waals surface area contributed by atoms with E-state index in [0.717, 1.165) is 38.5 Å². The summed E-state index contributed by atoms with van der Waals surface area (Å²) in [7, 11) is 0. The van der Waals surface area contributed by atoms with Crippen molar-refractivity contribution in [1.82, 2.24) is 19.9 Å². The number of hydrogen-bond acceptors (Lipinski definition) is 5. The molecule has 23 heavy (non-hydrogen) atoms. The lowest BCUT2D eigenvalue weighted by Crippen LogP contribution is -1.98. The number of carbonyl (C=O) groups is 1. The molecule has 0 saturated carbocycles. The van der Waals surface area contributed by atoms with E-state index in [4.69, 9.17) is 11.6 Å². The lowest BCUT2D eigenvalue weighted by molar-refractivity contribution is -0.111. The van der Waals surface area contributed by atoms with E-state index in [1.165, 1.54) is 0 Å². The molecular weight excluding hydrogens is 312 g/mol. The van der Waals surface area contributed by atoms with Gasteiger partial charge >= 0.3 is 0 Å². The number of carbonyl (C=O) groups excluding carboxylic acids is 1. The minimum Gasteiger partial charge on any atom is -0.281 e. The standard InChI is InChI=1S/C17H11ClN4O/c18-13(23)6-5-10-9-21-16-11-3-1-7-19-14(11)15-12(17(16)22-10)4-2-8-20-15/h1-4,7-9H,5-6H2. The minimum atomic E-state index is -0.374. The molecule has 0 aliphatic rings. The monoisotopic (exact) mass is 322 g/mol. The average molecular weight is 323 g/mol. The molecule has 0 amide bonds. The Balaban J connectivity index is 2.06. The van der Waals surface area contributed by atoms with Crippen LogP contribution in [-0.2, 0) is 11.2 Å². The van der Waals surface area contributed by atoms with Crippen LogP contribution in [0.4, 0.5) is 0 Å². The Bertz CT molecular complexity index is 1030. The molecule has 0 atom stereocenters. The zero-order chi connectivity index (χ0) is 15.8. The number of pyridine rings is 2. The summed E-state index contributed by atoms with van der Waals surface area (Å²) in [6.07, 6.45) is 5.89. The quantitative estimate of drug-likeness (QED) is 0.427. The van der Waals surface area contributed by atoms with Gasteiger partial charge in [0.15, 0.2) is 0 Å². The highest BCUT2D eigenvalue weighted by Crippen LogP contribution is 2.30. The summed E-state index contributed by atoms with van der Waals surface area (Å²) in [6.45, 7) is 0. The molecule has 0 bridgehead atoms. The third-order valence-corrected chi connectivity index (χ3v) is 3.94. The molecule has 0 spiro atoms. The van der Waals surface area contributed by atoms with Crippen molar-refractivity contribution in [3.05, 3.63) is 48.5 Å².